The molecule has 106 valence electrons. The third-order valence-corrected chi connectivity index (χ3v) is 4.28. The van der Waals surface area contributed by atoms with Crippen molar-refractivity contribution in [1.29, 1.82) is 0 Å². The molecule has 18 heavy (non-hydrogen) atoms. The number of aliphatic hydroxyl groups is 1. The number of β-amino-alcohol motifs (C(OH)–C–C–N with tert-alkyl or cyclic N) is 1. The van der Waals surface area contributed by atoms with Gasteiger partial charge in [-0.05, 0) is 45.4 Å². The Bertz CT molecular complexity index is 219. The van der Waals surface area contributed by atoms with E-state index in [-0.39, 0.29) is 0 Å². The molecule has 0 radical (unpaired) electrons. The molecule has 0 aromatic heterocycles. The molecule has 0 amide bonds. The van der Waals surface area contributed by atoms with E-state index in [9.17, 15) is 0 Å². The quantitative estimate of drug-likeness (QED) is 0.773. The average Bonchev–Trinajstić information content (AvgIpc) is 2.64. The van der Waals surface area contributed by atoms with Crippen LogP contribution in [0.4, 0.5) is 0 Å². The zero-order chi connectivity index (χ0) is 12.6. The van der Waals surface area contributed by atoms with E-state index in [0.29, 0.717) is 6.61 Å². The summed E-state index contributed by atoms with van der Waals surface area (Å²) in [5.41, 5.74) is 0. The van der Waals surface area contributed by atoms with Gasteiger partial charge in [0.25, 0.3) is 0 Å². The van der Waals surface area contributed by atoms with Crippen molar-refractivity contribution in [2.24, 2.45) is 0 Å². The van der Waals surface area contributed by atoms with E-state index >= 15 is 0 Å². The van der Waals surface area contributed by atoms with E-state index in [4.69, 9.17) is 5.11 Å². The second-order valence-electron chi connectivity index (χ2n) is 5.66. The van der Waals surface area contributed by atoms with Crippen LogP contribution >= 0.6 is 0 Å². The van der Waals surface area contributed by atoms with Crippen LogP contribution in [0.5, 0.6) is 0 Å². The summed E-state index contributed by atoms with van der Waals surface area (Å²) in [6, 6.07) is 0. The van der Waals surface area contributed by atoms with E-state index in [1.54, 1.807) is 0 Å². The fourth-order valence-electron chi connectivity index (χ4n) is 3.08. The standard InChI is InChI=1S/C14H29N3O/c18-14-13-17-8-4-7-16(11-12-17)10-9-15-5-2-1-3-6-15/h18H,1-14H2. The molecule has 0 bridgehead atoms. The summed E-state index contributed by atoms with van der Waals surface area (Å²) in [4.78, 5) is 7.62. The Morgan fingerprint density at radius 1 is 0.556 bits per heavy atom. The van der Waals surface area contributed by atoms with Crippen LogP contribution in [0, 0.1) is 0 Å². The van der Waals surface area contributed by atoms with Gasteiger partial charge in [0, 0.05) is 32.7 Å². The molecule has 0 unspecified atom stereocenters. The van der Waals surface area contributed by atoms with E-state index in [1.807, 2.05) is 0 Å². The van der Waals surface area contributed by atoms with Gasteiger partial charge in [0.2, 0.25) is 0 Å². The number of hydrogen-bond acceptors (Lipinski definition) is 4. The lowest BCUT2D eigenvalue weighted by Gasteiger charge is -2.29. The van der Waals surface area contributed by atoms with Gasteiger partial charge in [0.1, 0.15) is 0 Å². The lowest BCUT2D eigenvalue weighted by atomic mass is 10.1. The molecule has 4 heteroatoms. The number of piperidine rings is 1. The van der Waals surface area contributed by atoms with Crippen molar-refractivity contribution in [3.63, 3.8) is 0 Å². The first-order chi connectivity index (χ1) is 8.88. The maximum atomic E-state index is 8.99. The Kier molecular flexibility index (Phi) is 6.41. The monoisotopic (exact) mass is 255 g/mol. The lowest BCUT2D eigenvalue weighted by molar-refractivity contribution is 0.176. The van der Waals surface area contributed by atoms with Gasteiger partial charge < -0.3 is 14.9 Å². The molecule has 0 saturated carbocycles. The number of hydrogen-bond donors (Lipinski definition) is 1. The van der Waals surface area contributed by atoms with Crippen molar-refractivity contribution in [2.75, 3.05) is 65.5 Å². The molecule has 2 aliphatic heterocycles. The van der Waals surface area contributed by atoms with E-state index < -0.39 is 0 Å². The van der Waals surface area contributed by atoms with E-state index in [0.717, 1.165) is 19.6 Å². The SMILES string of the molecule is OCCN1CCCN(CCN2CCCCC2)CC1. The number of likely N-dealkylation sites (tertiary alicyclic amines) is 1. The number of rotatable bonds is 5. The topological polar surface area (TPSA) is 30.0 Å². The highest BCUT2D eigenvalue weighted by molar-refractivity contribution is 4.72. The van der Waals surface area contributed by atoms with Gasteiger partial charge in [-0.1, -0.05) is 6.42 Å². The minimum absolute atomic E-state index is 0.299. The van der Waals surface area contributed by atoms with Crippen molar-refractivity contribution in [2.45, 2.75) is 25.7 Å². The largest absolute Gasteiger partial charge is 0.395 e. The molecule has 2 heterocycles. The maximum Gasteiger partial charge on any atom is 0.0558 e. The van der Waals surface area contributed by atoms with Crippen molar-refractivity contribution in [3.05, 3.63) is 0 Å². The van der Waals surface area contributed by atoms with Crippen LogP contribution in [0.3, 0.4) is 0 Å². The minimum Gasteiger partial charge on any atom is -0.395 e. The van der Waals surface area contributed by atoms with Gasteiger partial charge in [0.05, 0.1) is 6.61 Å². The first-order valence-electron chi connectivity index (χ1n) is 7.66. The highest BCUT2D eigenvalue weighted by atomic mass is 16.3. The molecule has 2 rings (SSSR count). The first kappa shape index (κ1) is 14.3. The Hall–Kier alpha value is -0.160. The third-order valence-electron chi connectivity index (χ3n) is 4.28. The van der Waals surface area contributed by atoms with Crippen LogP contribution < -0.4 is 0 Å². The summed E-state index contributed by atoms with van der Waals surface area (Å²) < 4.78 is 0. The first-order valence-corrected chi connectivity index (χ1v) is 7.66. The summed E-state index contributed by atoms with van der Waals surface area (Å²) in [5.74, 6) is 0. The molecule has 0 aromatic carbocycles. The fourth-order valence-corrected chi connectivity index (χ4v) is 3.08. The molecule has 2 fully saturated rings. The van der Waals surface area contributed by atoms with Crippen LogP contribution in [0.1, 0.15) is 25.7 Å². The van der Waals surface area contributed by atoms with Gasteiger partial charge in [-0.25, -0.2) is 0 Å². The predicted molar refractivity (Wildman–Crippen MR) is 74.9 cm³/mol. The molecule has 2 aliphatic rings. The molecule has 0 aliphatic carbocycles. The van der Waals surface area contributed by atoms with Crippen LogP contribution in [0.25, 0.3) is 0 Å². The van der Waals surface area contributed by atoms with Gasteiger partial charge in [0.15, 0.2) is 0 Å². The molecule has 4 nitrogen and oxygen atoms in total. The Labute approximate surface area is 112 Å². The molecule has 0 atom stereocenters. The van der Waals surface area contributed by atoms with Crippen molar-refractivity contribution < 1.29 is 5.11 Å². The van der Waals surface area contributed by atoms with Gasteiger partial charge in [-0.15, -0.1) is 0 Å². The summed E-state index contributed by atoms with van der Waals surface area (Å²) >= 11 is 0. The van der Waals surface area contributed by atoms with E-state index in [1.165, 1.54) is 65.0 Å². The van der Waals surface area contributed by atoms with Crippen LogP contribution in [0.2, 0.25) is 0 Å². The summed E-state index contributed by atoms with van der Waals surface area (Å²) in [6.45, 7) is 10.9. The average molecular weight is 255 g/mol. The molecular weight excluding hydrogens is 226 g/mol. The fraction of sp³-hybridized carbons (Fsp3) is 1.00. The molecule has 0 spiro atoms. The van der Waals surface area contributed by atoms with Crippen LogP contribution in [-0.2, 0) is 0 Å². The minimum atomic E-state index is 0.299. The summed E-state index contributed by atoms with van der Waals surface area (Å²) in [5, 5.41) is 8.99. The summed E-state index contributed by atoms with van der Waals surface area (Å²) in [7, 11) is 0. The third kappa shape index (κ3) is 4.84. The normalized spacial score (nSPS) is 25.2. The van der Waals surface area contributed by atoms with E-state index in [2.05, 4.69) is 14.7 Å². The second-order valence-corrected chi connectivity index (χ2v) is 5.66. The van der Waals surface area contributed by atoms with Gasteiger partial charge in [-0.2, -0.15) is 0 Å². The molecule has 0 aromatic rings. The number of nitrogens with zero attached hydrogens (tertiary/aromatic N) is 3. The zero-order valence-electron chi connectivity index (χ0n) is 11.7. The molecule has 1 N–H and O–H groups in total. The summed E-state index contributed by atoms with van der Waals surface area (Å²) in [6.07, 6.45) is 5.46. The van der Waals surface area contributed by atoms with Crippen molar-refractivity contribution >= 4 is 0 Å². The van der Waals surface area contributed by atoms with Crippen molar-refractivity contribution in [3.8, 4) is 0 Å². The Balaban J connectivity index is 1.63. The zero-order valence-corrected chi connectivity index (χ0v) is 11.7. The number of aliphatic hydroxyl groups excluding tert-OH is 1. The molecular formula is C14H29N3O. The lowest BCUT2D eigenvalue weighted by Crippen LogP contribution is -2.39. The highest BCUT2D eigenvalue weighted by Gasteiger charge is 2.16. The van der Waals surface area contributed by atoms with Crippen molar-refractivity contribution in [1.82, 2.24) is 14.7 Å². The highest BCUT2D eigenvalue weighted by Crippen LogP contribution is 2.09. The predicted octanol–water partition coefficient (Wildman–Crippen LogP) is 0.472. The van der Waals surface area contributed by atoms with Gasteiger partial charge >= 0.3 is 0 Å². The van der Waals surface area contributed by atoms with Gasteiger partial charge in [-0.3, -0.25) is 4.90 Å². The second kappa shape index (κ2) is 8.10. The maximum absolute atomic E-state index is 8.99. The molecule has 2 saturated heterocycles. The van der Waals surface area contributed by atoms with Crippen LogP contribution in [0.15, 0.2) is 0 Å². The van der Waals surface area contributed by atoms with Crippen LogP contribution in [-0.4, -0.2) is 85.3 Å². The Morgan fingerprint density at radius 3 is 1.67 bits per heavy atom. The smallest absolute Gasteiger partial charge is 0.0558 e. The Morgan fingerprint density at radius 2 is 1.06 bits per heavy atom.